The molecule has 0 unspecified atom stereocenters. The van der Waals surface area contributed by atoms with Gasteiger partial charge >= 0.3 is 0 Å². The molecule has 3 heteroatoms. The minimum atomic E-state index is -0.444. The van der Waals surface area contributed by atoms with Gasteiger partial charge in [0.25, 0.3) is 0 Å². The molecule has 1 aliphatic carbocycles. The second kappa shape index (κ2) is 13.4. The molecule has 0 amide bonds. The second-order valence-electron chi connectivity index (χ2n) is 14.8. The van der Waals surface area contributed by atoms with Crippen LogP contribution in [0.15, 0.2) is 212 Å². The molecule has 1 aromatic heterocycles. The second-order valence-corrected chi connectivity index (χ2v) is 14.8. The lowest BCUT2D eigenvalue weighted by molar-refractivity contribution is 0.769. The van der Waals surface area contributed by atoms with E-state index < -0.39 is 5.41 Å². The Bertz CT molecular complexity index is 3010. The van der Waals surface area contributed by atoms with Crippen molar-refractivity contribution in [3.05, 3.63) is 235 Å². The predicted octanol–water partition coefficient (Wildman–Crippen LogP) is 13.2. The van der Waals surface area contributed by atoms with Crippen LogP contribution in [0.5, 0.6) is 0 Å². The maximum absolute atomic E-state index is 5.00. The van der Waals surface area contributed by atoms with Gasteiger partial charge in [-0.05, 0) is 84.3 Å². The molecule has 0 spiro atoms. The van der Waals surface area contributed by atoms with Crippen LogP contribution in [-0.2, 0) is 5.41 Å². The zero-order chi connectivity index (χ0) is 37.8. The van der Waals surface area contributed by atoms with Crippen molar-refractivity contribution < 1.29 is 0 Å². The molecule has 1 aliphatic rings. The summed E-state index contributed by atoms with van der Waals surface area (Å²) in [6, 6.07) is 76.1. The van der Waals surface area contributed by atoms with Crippen molar-refractivity contribution in [1.82, 2.24) is 15.0 Å². The van der Waals surface area contributed by atoms with E-state index in [1.807, 2.05) is 60.7 Å². The molecule has 0 bridgehead atoms. The van der Waals surface area contributed by atoms with Crippen molar-refractivity contribution in [1.29, 1.82) is 0 Å². The zero-order valence-electron chi connectivity index (χ0n) is 31.0. The first kappa shape index (κ1) is 32.9. The largest absolute Gasteiger partial charge is 0.208 e. The lowest BCUT2D eigenvalue weighted by Crippen LogP contribution is -2.28. The molecular formula is C54H35N3. The van der Waals surface area contributed by atoms with Crippen LogP contribution in [0.4, 0.5) is 0 Å². The molecule has 266 valence electrons. The van der Waals surface area contributed by atoms with E-state index in [0.717, 1.165) is 22.1 Å². The van der Waals surface area contributed by atoms with Crippen molar-refractivity contribution >= 4 is 21.5 Å². The Hall–Kier alpha value is -7.49. The number of rotatable bonds is 6. The van der Waals surface area contributed by atoms with Gasteiger partial charge in [-0.1, -0.05) is 194 Å². The van der Waals surface area contributed by atoms with E-state index >= 15 is 0 Å². The van der Waals surface area contributed by atoms with E-state index in [-0.39, 0.29) is 0 Å². The van der Waals surface area contributed by atoms with E-state index in [0.29, 0.717) is 17.5 Å². The third-order valence-corrected chi connectivity index (χ3v) is 11.6. The summed E-state index contributed by atoms with van der Waals surface area (Å²) in [6.07, 6.45) is 0. The maximum atomic E-state index is 5.00. The van der Waals surface area contributed by atoms with E-state index in [2.05, 4.69) is 152 Å². The monoisotopic (exact) mass is 725 g/mol. The molecule has 0 radical (unpaired) electrons. The standard InChI is InChI=1S/C54H35N3/c1-5-15-37(16-6-1)51-55-52(38-17-7-2-8-18-38)57-53(56-51)42-30-31-45-41(33-42)28-26-36-25-27-39(34-48(36)45)40-29-32-47-46-23-13-14-24-49(46)54(50(47)35-40,43-19-9-3-10-20-43)44-21-11-4-12-22-44/h1-35H. The highest BCUT2D eigenvalue weighted by Gasteiger charge is 2.46. The molecule has 0 saturated carbocycles. The summed E-state index contributed by atoms with van der Waals surface area (Å²) < 4.78 is 0. The van der Waals surface area contributed by atoms with E-state index in [1.54, 1.807) is 0 Å². The van der Waals surface area contributed by atoms with Crippen LogP contribution < -0.4 is 0 Å². The van der Waals surface area contributed by atoms with Crippen molar-refractivity contribution in [3.8, 4) is 56.4 Å². The van der Waals surface area contributed by atoms with E-state index in [1.165, 1.54) is 60.7 Å². The number of benzene rings is 9. The average Bonchev–Trinajstić information content (AvgIpc) is 3.60. The van der Waals surface area contributed by atoms with Crippen LogP contribution in [0.1, 0.15) is 22.3 Å². The Morgan fingerprint density at radius 3 is 1.40 bits per heavy atom. The van der Waals surface area contributed by atoms with Gasteiger partial charge in [-0.2, -0.15) is 0 Å². The van der Waals surface area contributed by atoms with Crippen molar-refractivity contribution in [2.45, 2.75) is 5.41 Å². The number of nitrogens with zero attached hydrogens (tertiary/aromatic N) is 3. The summed E-state index contributed by atoms with van der Waals surface area (Å²) in [5.74, 6) is 1.96. The number of aromatic nitrogens is 3. The highest BCUT2D eigenvalue weighted by molar-refractivity contribution is 6.09. The molecule has 0 fully saturated rings. The number of hydrogen-bond acceptors (Lipinski definition) is 3. The summed E-state index contributed by atoms with van der Waals surface area (Å²) >= 11 is 0. The molecule has 10 aromatic rings. The van der Waals surface area contributed by atoms with Gasteiger partial charge in [0, 0.05) is 16.7 Å². The lowest BCUT2D eigenvalue weighted by atomic mass is 9.67. The maximum Gasteiger partial charge on any atom is 0.164 e. The van der Waals surface area contributed by atoms with Gasteiger partial charge in [0.2, 0.25) is 0 Å². The molecule has 11 rings (SSSR count). The van der Waals surface area contributed by atoms with Crippen LogP contribution >= 0.6 is 0 Å². The third-order valence-electron chi connectivity index (χ3n) is 11.6. The molecule has 1 heterocycles. The number of fused-ring (bicyclic) bond motifs is 6. The Balaban J connectivity index is 1.05. The van der Waals surface area contributed by atoms with Crippen LogP contribution in [0.2, 0.25) is 0 Å². The normalized spacial score (nSPS) is 12.7. The smallest absolute Gasteiger partial charge is 0.164 e. The van der Waals surface area contributed by atoms with Gasteiger partial charge in [-0.15, -0.1) is 0 Å². The van der Waals surface area contributed by atoms with Gasteiger partial charge in [-0.25, -0.2) is 15.0 Å². The van der Waals surface area contributed by atoms with Gasteiger partial charge in [-0.3, -0.25) is 0 Å². The first-order valence-corrected chi connectivity index (χ1v) is 19.4. The highest BCUT2D eigenvalue weighted by atomic mass is 15.0. The van der Waals surface area contributed by atoms with Gasteiger partial charge < -0.3 is 0 Å². The minimum absolute atomic E-state index is 0.444. The third kappa shape index (κ3) is 5.39. The van der Waals surface area contributed by atoms with Crippen molar-refractivity contribution in [2.75, 3.05) is 0 Å². The molecule has 0 N–H and O–H groups in total. The zero-order valence-corrected chi connectivity index (χ0v) is 31.0. The predicted molar refractivity (Wildman–Crippen MR) is 234 cm³/mol. The first-order valence-electron chi connectivity index (χ1n) is 19.4. The topological polar surface area (TPSA) is 38.7 Å². The van der Waals surface area contributed by atoms with Crippen molar-refractivity contribution in [3.63, 3.8) is 0 Å². The van der Waals surface area contributed by atoms with Gasteiger partial charge in [0.05, 0.1) is 5.41 Å². The summed E-state index contributed by atoms with van der Waals surface area (Å²) in [5, 5.41) is 4.74. The molecule has 57 heavy (non-hydrogen) atoms. The van der Waals surface area contributed by atoms with E-state index in [9.17, 15) is 0 Å². The quantitative estimate of drug-likeness (QED) is 0.160. The molecule has 0 saturated heterocycles. The van der Waals surface area contributed by atoms with Crippen LogP contribution in [0.3, 0.4) is 0 Å². The van der Waals surface area contributed by atoms with Crippen molar-refractivity contribution in [2.24, 2.45) is 0 Å². The molecule has 3 nitrogen and oxygen atoms in total. The molecule has 9 aromatic carbocycles. The average molecular weight is 726 g/mol. The molecular weight excluding hydrogens is 691 g/mol. The molecule has 0 atom stereocenters. The Kier molecular flexibility index (Phi) is 7.71. The Morgan fingerprint density at radius 2 is 0.754 bits per heavy atom. The number of hydrogen-bond donors (Lipinski definition) is 0. The van der Waals surface area contributed by atoms with Crippen LogP contribution in [-0.4, -0.2) is 15.0 Å². The van der Waals surface area contributed by atoms with Gasteiger partial charge in [0.15, 0.2) is 17.5 Å². The van der Waals surface area contributed by atoms with Crippen LogP contribution in [0.25, 0.3) is 78.0 Å². The Labute approximate surface area is 331 Å². The lowest BCUT2D eigenvalue weighted by Gasteiger charge is -2.34. The SMILES string of the molecule is c1ccc(-c2nc(-c3ccccc3)nc(-c3ccc4c(ccc5ccc(-c6ccc7c(c6)C(c6ccccc6)(c6ccccc6)c6ccccc6-7)cc54)c3)n2)cc1. The van der Waals surface area contributed by atoms with Gasteiger partial charge in [0.1, 0.15) is 0 Å². The summed E-state index contributed by atoms with van der Waals surface area (Å²) in [7, 11) is 0. The fourth-order valence-electron chi connectivity index (χ4n) is 8.94. The fourth-order valence-corrected chi connectivity index (χ4v) is 8.94. The van der Waals surface area contributed by atoms with Crippen LogP contribution in [0, 0.1) is 0 Å². The Morgan fingerprint density at radius 1 is 0.281 bits per heavy atom. The fraction of sp³-hybridized carbons (Fsp3) is 0.0185. The summed E-state index contributed by atoms with van der Waals surface area (Å²) in [4.78, 5) is 14.9. The summed E-state index contributed by atoms with van der Waals surface area (Å²) in [6.45, 7) is 0. The highest BCUT2D eigenvalue weighted by Crippen LogP contribution is 2.56. The summed E-state index contributed by atoms with van der Waals surface area (Å²) in [5.41, 5.74) is 12.5. The van der Waals surface area contributed by atoms with E-state index in [4.69, 9.17) is 15.0 Å². The molecule has 0 aliphatic heterocycles. The first-order chi connectivity index (χ1) is 28.2. The minimum Gasteiger partial charge on any atom is -0.208 e.